The van der Waals surface area contributed by atoms with Gasteiger partial charge in [0.1, 0.15) is 5.82 Å². The molecule has 5 nitrogen and oxygen atoms in total. The number of aryl methyl sites for hydroxylation is 1. The first-order chi connectivity index (χ1) is 19.9. The van der Waals surface area contributed by atoms with Gasteiger partial charge < -0.3 is 14.4 Å². The number of aromatic nitrogens is 2. The lowest BCUT2D eigenvalue weighted by atomic mass is 10.0. The van der Waals surface area contributed by atoms with Gasteiger partial charge in [-0.1, -0.05) is 64.5 Å². The van der Waals surface area contributed by atoms with E-state index in [4.69, 9.17) is 4.98 Å². The third-order valence-corrected chi connectivity index (χ3v) is 8.90. The minimum Gasteiger partial charge on any atom is -0.339 e. The Kier molecular flexibility index (Phi) is 9.97. The number of piperidine rings is 1. The van der Waals surface area contributed by atoms with E-state index < -0.39 is 0 Å². The van der Waals surface area contributed by atoms with Crippen LogP contribution in [-0.4, -0.2) is 58.0 Å². The monoisotopic (exact) mass is 554 g/mol. The third-order valence-electron chi connectivity index (χ3n) is 8.90. The summed E-state index contributed by atoms with van der Waals surface area (Å²) in [5.41, 5.74) is 7.03. The fraction of sp³-hybridized carbons (Fsp3) is 0.556. The summed E-state index contributed by atoms with van der Waals surface area (Å²) >= 11 is 0. The standard InChI is InChI=1S/C36H50N4O/c1-27(2)17-23-39(24-18-28(3)4)36(41)31-15-16-33-34(25-31)40(22-10-21-38-19-8-5-9-20-38)35(37-33)26-30-14-13-29-11-6-7-12-32(29)30/h6-7,11-12,14-16,25,27-28H,5,8-10,13,17-24,26H2,1-4H3. The van der Waals surface area contributed by atoms with Crippen LogP contribution in [0.5, 0.6) is 0 Å². The van der Waals surface area contributed by atoms with Crippen LogP contribution in [0.2, 0.25) is 0 Å². The van der Waals surface area contributed by atoms with Gasteiger partial charge in [-0.15, -0.1) is 0 Å². The molecule has 2 aliphatic rings. The molecule has 0 N–H and O–H groups in total. The highest BCUT2D eigenvalue weighted by Crippen LogP contribution is 2.31. The molecule has 41 heavy (non-hydrogen) atoms. The van der Waals surface area contributed by atoms with Gasteiger partial charge in [0.25, 0.3) is 5.91 Å². The second kappa shape index (κ2) is 13.8. The lowest BCUT2D eigenvalue weighted by Crippen LogP contribution is -2.34. The molecule has 1 saturated heterocycles. The summed E-state index contributed by atoms with van der Waals surface area (Å²) < 4.78 is 2.42. The first-order valence-corrected chi connectivity index (χ1v) is 16.2. The van der Waals surface area contributed by atoms with Crippen molar-refractivity contribution in [1.29, 1.82) is 0 Å². The molecule has 0 saturated carbocycles. The molecular formula is C36H50N4O. The highest BCUT2D eigenvalue weighted by Gasteiger charge is 2.21. The van der Waals surface area contributed by atoms with Crippen molar-refractivity contribution in [3.63, 3.8) is 0 Å². The van der Waals surface area contributed by atoms with Gasteiger partial charge in [-0.3, -0.25) is 4.79 Å². The lowest BCUT2D eigenvalue weighted by Gasteiger charge is -2.26. The Balaban J connectivity index is 1.42. The molecule has 0 atom stereocenters. The van der Waals surface area contributed by atoms with E-state index in [1.807, 2.05) is 6.07 Å². The van der Waals surface area contributed by atoms with E-state index >= 15 is 0 Å². The highest BCUT2D eigenvalue weighted by molar-refractivity contribution is 5.97. The van der Waals surface area contributed by atoms with E-state index in [-0.39, 0.29) is 5.91 Å². The molecule has 0 unspecified atom stereocenters. The van der Waals surface area contributed by atoms with E-state index in [2.05, 4.69) is 84.5 Å². The molecule has 0 spiro atoms. The van der Waals surface area contributed by atoms with Crippen molar-refractivity contribution in [1.82, 2.24) is 19.4 Å². The molecule has 0 radical (unpaired) electrons. The number of nitrogens with zero attached hydrogens (tertiary/aromatic N) is 4. The van der Waals surface area contributed by atoms with E-state index in [1.165, 1.54) is 49.1 Å². The quantitative estimate of drug-likeness (QED) is 0.218. The minimum atomic E-state index is 0.156. The van der Waals surface area contributed by atoms with Gasteiger partial charge in [0.15, 0.2) is 0 Å². The molecule has 5 rings (SSSR count). The maximum atomic E-state index is 13.8. The van der Waals surface area contributed by atoms with Gasteiger partial charge in [0.2, 0.25) is 0 Å². The van der Waals surface area contributed by atoms with Crippen molar-refractivity contribution in [2.75, 3.05) is 32.7 Å². The predicted molar refractivity (Wildman–Crippen MR) is 171 cm³/mol. The maximum Gasteiger partial charge on any atom is 0.253 e. The minimum absolute atomic E-state index is 0.156. The Labute approximate surface area is 247 Å². The average molecular weight is 555 g/mol. The number of carbonyl (C=O) groups is 1. The van der Waals surface area contributed by atoms with Gasteiger partial charge in [0, 0.05) is 31.6 Å². The summed E-state index contributed by atoms with van der Waals surface area (Å²) in [7, 11) is 0. The fourth-order valence-corrected chi connectivity index (χ4v) is 6.34. The third kappa shape index (κ3) is 7.48. The van der Waals surface area contributed by atoms with Gasteiger partial charge in [0.05, 0.1) is 11.0 Å². The van der Waals surface area contributed by atoms with Gasteiger partial charge in [-0.05, 0) is 105 Å². The largest absolute Gasteiger partial charge is 0.339 e. The average Bonchev–Trinajstić information content (AvgIpc) is 3.54. The zero-order valence-corrected chi connectivity index (χ0v) is 25.9. The number of fused-ring (bicyclic) bond motifs is 2. The second-order valence-corrected chi connectivity index (χ2v) is 13.1. The molecule has 1 amide bonds. The van der Waals surface area contributed by atoms with Crippen LogP contribution in [-0.2, 0) is 19.4 Å². The normalized spacial score (nSPS) is 15.6. The van der Waals surface area contributed by atoms with Crippen LogP contribution in [0.1, 0.15) is 93.5 Å². The number of hydrogen-bond acceptors (Lipinski definition) is 3. The Hall–Kier alpha value is -2.92. The topological polar surface area (TPSA) is 41.4 Å². The van der Waals surface area contributed by atoms with Crippen LogP contribution in [0.3, 0.4) is 0 Å². The van der Waals surface area contributed by atoms with Crippen LogP contribution < -0.4 is 0 Å². The van der Waals surface area contributed by atoms with Crippen LogP contribution in [0.15, 0.2) is 48.5 Å². The molecule has 5 heteroatoms. The molecular weight excluding hydrogens is 504 g/mol. The Bertz CT molecular complexity index is 1330. The van der Waals surface area contributed by atoms with E-state index in [9.17, 15) is 4.79 Å². The summed E-state index contributed by atoms with van der Waals surface area (Å²) in [4.78, 5) is 23.7. The molecule has 0 bridgehead atoms. The first kappa shape index (κ1) is 29.6. The Morgan fingerprint density at radius 2 is 1.66 bits per heavy atom. The maximum absolute atomic E-state index is 13.8. The summed E-state index contributed by atoms with van der Waals surface area (Å²) in [6.45, 7) is 15.1. The smallest absolute Gasteiger partial charge is 0.253 e. The summed E-state index contributed by atoms with van der Waals surface area (Å²) in [5, 5.41) is 0. The van der Waals surface area contributed by atoms with Crippen molar-refractivity contribution >= 4 is 22.5 Å². The van der Waals surface area contributed by atoms with E-state index in [1.54, 1.807) is 0 Å². The second-order valence-electron chi connectivity index (χ2n) is 13.1. The number of rotatable bonds is 13. The van der Waals surface area contributed by atoms with Crippen LogP contribution >= 0.6 is 0 Å². The van der Waals surface area contributed by atoms with Crippen LogP contribution in [0, 0.1) is 11.8 Å². The first-order valence-electron chi connectivity index (χ1n) is 16.2. The van der Waals surface area contributed by atoms with E-state index in [0.29, 0.717) is 11.8 Å². The van der Waals surface area contributed by atoms with Crippen LogP contribution in [0.25, 0.3) is 16.6 Å². The van der Waals surface area contributed by atoms with Crippen LogP contribution in [0.4, 0.5) is 0 Å². The van der Waals surface area contributed by atoms with Crippen molar-refractivity contribution in [3.05, 3.63) is 71.1 Å². The zero-order valence-electron chi connectivity index (χ0n) is 25.9. The number of hydrogen-bond donors (Lipinski definition) is 0. The lowest BCUT2D eigenvalue weighted by molar-refractivity contribution is 0.0741. The molecule has 1 aromatic heterocycles. The molecule has 2 heterocycles. The van der Waals surface area contributed by atoms with Crippen molar-refractivity contribution < 1.29 is 4.79 Å². The van der Waals surface area contributed by atoms with Gasteiger partial charge in [-0.2, -0.15) is 0 Å². The fourth-order valence-electron chi connectivity index (χ4n) is 6.34. The molecule has 1 aliphatic carbocycles. The van der Waals surface area contributed by atoms with Gasteiger partial charge >= 0.3 is 0 Å². The number of carbonyl (C=O) groups excluding carboxylic acids is 1. The van der Waals surface area contributed by atoms with Crippen molar-refractivity contribution in [2.24, 2.45) is 11.8 Å². The Morgan fingerprint density at radius 3 is 2.39 bits per heavy atom. The number of amides is 1. The van der Waals surface area contributed by atoms with Crippen molar-refractivity contribution in [2.45, 2.75) is 85.6 Å². The molecule has 1 aliphatic heterocycles. The van der Waals surface area contributed by atoms with Gasteiger partial charge in [-0.25, -0.2) is 4.98 Å². The summed E-state index contributed by atoms with van der Waals surface area (Å²) in [6, 6.07) is 15.0. The predicted octanol–water partition coefficient (Wildman–Crippen LogP) is 7.63. The Morgan fingerprint density at radius 1 is 0.927 bits per heavy atom. The number of allylic oxidation sites excluding steroid dienone is 2. The molecule has 1 fully saturated rings. The van der Waals surface area contributed by atoms with Crippen molar-refractivity contribution in [3.8, 4) is 0 Å². The molecule has 3 aromatic rings. The number of benzene rings is 2. The highest BCUT2D eigenvalue weighted by atomic mass is 16.2. The number of imidazole rings is 1. The zero-order chi connectivity index (χ0) is 28.8. The summed E-state index contributed by atoms with van der Waals surface area (Å²) in [6.07, 6.45) is 11.4. The molecule has 220 valence electrons. The SMILES string of the molecule is CC(C)CCN(CCC(C)C)C(=O)c1ccc2nc(CC3=CCc4ccccc43)n(CCCN3CCCCC3)c2c1. The summed E-state index contributed by atoms with van der Waals surface area (Å²) in [5.74, 6) is 2.42. The molecule has 2 aromatic carbocycles. The van der Waals surface area contributed by atoms with E-state index in [0.717, 1.165) is 80.7 Å². The number of likely N-dealkylation sites (tertiary alicyclic amines) is 1.